The summed E-state index contributed by atoms with van der Waals surface area (Å²) in [6, 6.07) is 0. The summed E-state index contributed by atoms with van der Waals surface area (Å²) in [6.07, 6.45) is 1.55. The molecule has 0 radical (unpaired) electrons. The molecule has 1 fully saturated rings. The average Bonchev–Trinajstić information content (AvgIpc) is 2.31. The summed E-state index contributed by atoms with van der Waals surface area (Å²) < 4.78 is 5.10. The van der Waals surface area contributed by atoms with E-state index in [1.54, 1.807) is 6.08 Å². The minimum absolute atomic E-state index is 0.120. The van der Waals surface area contributed by atoms with Crippen LogP contribution in [0.1, 0.15) is 6.42 Å². The Balaban J connectivity index is 2.22. The topological polar surface area (TPSA) is 46.5 Å². The molecule has 2 rings (SSSR count). The highest BCUT2D eigenvalue weighted by Crippen LogP contribution is 2.29. The lowest BCUT2D eigenvalue weighted by Gasteiger charge is -2.25. The van der Waals surface area contributed by atoms with Gasteiger partial charge in [0.2, 0.25) is 0 Å². The molecule has 2 aliphatic rings. The number of carbonyl (C=O) groups excluding carboxylic acids is 1. The van der Waals surface area contributed by atoms with Gasteiger partial charge in [-0.1, -0.05) is 0 Å². The smallest absolute Gasteiger partial charge is 0.156 e. The second kappa shape index (κ2) is 2.43. The molecule has 1 saturated heterocycles. The Bertz CT molecular complexity index is 219. The van der Waals surface area contributed by atoms with Crippen molar-refractivity contribution in [1.82, 2.24) is 0 Å². The van der Waals surface area contributed by atoms with E-state index in [0.717, 1.165) is 5.57 Å². The fraction of sp³-hybridized carbons (Fsp3) is 0.625. The average molecular weight is 154 g/mol. The van der Waals surface area contributed by atoms with E-state index >= 15 is 0 Å². The fourth-order valence-electron chi connectivity index (χ4n) is 1.66. The van der Waals surface area contributed by atoms with Crippen LogP contribution in [0.5, 0.6) is 0 Å². The number of rotatable bonds is 0. The fourth-order valence-corrected chi connectivity index (χ4v) is 1.66. The lowest BCUT2D eigenvalue weighted by Crippen LogP contribution is -2.30. The molecule has 0 unspecified atom stereocenters. The Hall–Kier alpha value is -0.670. The first-order valence-electron chi connectivity index (χ1n) is 3.77. The monoisotopic (exact) mass is 154 g/mol. The maximum atomic E-state index is 10.9. The van der Waals surface area contributed by atoms with E-state index in [1.807, 2.05) is 0 Å². The second-order valence-electron chi connectivity index (χ2n) is 3.06. The van der Waals surface area contributed by atoms with Crippen LogP contribution < -0.4 is 0 Å². The number of hydrogen-bond acceptors (Lipinski definition) is 3. The first-order chi connectivity index (χ1) is 5.27. The summed E-state index contributed by atoms with van der Waals surface area (Å²) in [7, 11) is 0. The zero-order chi connectivity index (χ0) is 7.84. The molecular weight excluding hydrogens is 144 g/mol. The maximum Gasteiger partial charge on any atom is 0.156 e. The highest BCUT2D eigenvalue weighted by molar-refractivity contribution is 5.93. The van der Waals surface area contributed by atoms with Crippen molar-refractivity contribution in [2.45, 2.75) is 12.5 Å². The largest absolute Gasteiger partial charge is 0.386 e. The predicted octanol–water partition coefficient (Wildman–Crippen LogP) is -0.107. The SMILES string of the molecule is O=C1C=C2[C@@H](COC[C@H]2O)C1. The molecule has 1 N–H and O–H groups in total. The van der Waals surface area contributed by atoms with Gasteiger partial charge >= 0.3 is 0 Å². The quantitative estimate of drug-likeness (QED) is 0.529. The molecule has 1 aliphatic carbocycles. The number of allylic oxidation sites excluding steroid dienone is 1. The van der Waals surface area contributed by atoms with E-state index in [-0.39, 0.29) is 11.7 Å². The van der Waals surface area contributed by atoms with Crippen molar-refractivity contribution in [3.63, 3.8) is 0 Å². The normalized spacial score (nSPS) is 36.8. The van der Waals surface area contributed by atoms with Gasteiger partial charge in [-0.2, -0.15) is 0 Å². The molecule has 0 aromatic carbocycles. The van der Waals surface area contributed by atoms with Crippen LogP contribution >= 0.6 is 0 Å². The number of aliphatic hydroxyl groups excluding tert-OH is 1. The molecule has 11 heavy (non-hydrogen) atoms. The first kappa shape index (κ1) is 7.00. The highest BCUT2D eigenvalue weighted by Gasteiger charge is 2.32. The molecule has 0 bridgehead atoms. The van der Waals surface area contributed by atoms with Gasteiger partial charge < -0.3 is 9.84 Å². The second-order valence-corrected chi connectivity index (χ2v) is 3.06. The number of ether oxygens (including phenoxy) is 1. The minimum Gasteiger partial charge on any atom is -0.386 e. The Labute approximate surface area is 64.7 Å². The lowest BCUT2D eigenvalue weighted by molar-refractivity contribution is -0.114. The van der Waals surface area contributed by atoms with Gasteiger partial charge in [0, 0.05) is 12.3 Å². The number of hydrogen-bond donors (Lipinski definition) is 1. The summed E-state index contributed by atoms with van der Waals surface area (Å²) in [5, 5.41) is 9.35. The van der Waals surface area contributed by atoms with Crippen molar-refractivity contribution in [1.29, 1.82) is 0 Å². The van der Waals surface area contributed by atoms with Crippen LogP contribution in [0.15, 0.2) is 11.6 Å². The third-order valence-corrected chi connectivity index (χ3v) is 2.23. The van der Waals surface area contributed by atoms with Crippen molar-refractivity contribution in [2.75, 3.05) is 13.2 Å². The van der Waals surface area contributed by atoms with Crippen LogP contribution in [-0.2, 0) is 9.53 Å². The van der Waals surface area contributed by atoms with Crippen LogP contribution in [0.25, 0.3) is 0 Å². The van der Waals surface area contributed by atoms with Crippen LogP contribution in [0, 0.1) is 5.92 Å². The van der Waals surface area contributed by atoms with Crippen molar-refractivity contribution in [3.05, 3.63) is 11.6 Å². The summed E-state index contributed by atoms with van der Waals surface area (Å²) in [4.78, 5) is 10.9. The molecule has 2 atom stereocenters. The van der Waals surface area contributed by atoms with Gasteiger partial charge in [0.1, 0.15) is 0 Å². The maximum absolute atomic E-state index is 10.9. The molecule has 0 amide bonds. The molecule has 60 valence electrons. The number of fused-ring (bicyclic) bond motifs is 1. The van der Waals surface area contributed by atoms with Crippen LogP contribution in [0.3, 0.4) is 0 Å². The van der Waals surface area contributed by atoms with Crippen molar-refractivity contribution >= 4 is 5.78 Å². The van der Waals surface area contributed by atoms with E-state index in [4.69, 9.17) is 4.74 Å². The van der Waals surface area contributed by atoms with Crippen LogP contribution in [0.4, 0.5) is 0 Å². The minimum atomic E-state index is -0.541. The molecular formula is C8H10O3. The zero-order valence-corrected chi connectivity index (χ0v) is 6.12. The van der Waals surface area contributed by atoms with Crippen molar-refractivity contribution < 1.29 is 14.6 Å². The highest BCUT2D eigenvalue weighted by atomic mass is 16.5. The van der Waals surface area contributed by atoms with Gasteiger partial charge in [0.05, 0.1) is 19.3 Å². The third-order valence-electron chi connectivity index (χ3n) is 2.23. The standard InChI is InChI=1S/C8H10O3/c9-6-1-5-3-11-4-8(10)7(5)2-6/h2,5,8,10H,1,3-4H2/t5-,8-/m1/s1. The molecule has 0 spiro atoms. The van der Waals surface area contributed by atoms with Crippen molar-refractivity contribution in [3.8, 4) is 0 Å². The summed E-state index contributed by atoms with van der Waals surface area (Å²) in [5.41, 5.74) is 0.876. The van der Waals surface area contributed by atoms with Crippen molar-refractivity contribution in [2.24, 2.45) is 5.92 Å². The molecule has 3 nitrogen and oxygen atoms in total. The molecule has 0 aromatic heterocycles. The Morgan fingerprint density at radius 1 is 1.55 bits per heavy atom. The Kier molecular flexibility index (Phi) is 1.55. The van der Waals surface area contributed by atoms with E-state index in [2.05, 4.69) is 0 Å². The van der Waals surface area contributed by atoms with E-state index in [1.165, 1.54) is 0 Å². The molecule has 0 saturated carbocycles. The van der Waals surface area contributed by atoms with Crippen LogP contribution in [-0.4, -0.2) is 30.2 Å². The summed E-state index contributed by atoms with van der Waals surface area (Å²) >= 11 is 0. The van der Waals surface area contributed by atoms with Crippen LogP contribution in [0.2, 0.25) is 0 Å². The molecule has 0 aromatic rings. The van der Waals surface area contributed by atoms with E-state index in [0.29, 0.717) is 19.6 Å². The van der Waals surface area contributed by atoms with Gasteiger partial charge in [-0.15, -0.1) is 0 Å². The van der Waals surface area contributed by atoms with E-state index < -0.39 is 6.10 Å². The molecule has 3 heteroatoms. The summed E-state index contributed by atoms with van der Waals surface area (Å²) in [6.45, 7) is 0.935. The van der Waals surface area contributed by atoms with Gasteiger partial charge in [0.25, 0.3) is 0 Å². The van der Waals surface area contributed by atoms with E-state index in [9.17, 15) is 9.90 Å². The lowest BCUT2D eigenvalue weighted by atomic mass is 9.96. The zero-order valence-electron chi connectivity index (χ0n) is 6.12. The predicted molar refractivity (Wildman–Crippen MR) is 38.0 cm³/mol. The molecule has 1 aliphatic heterocycles. The first-order valence-corrected chi connectivity index (χ1v) is 3.77. The van der Waals surface area contributed by atoms with Gasteiger partial charge in [0.15, 0.2) is 5.78 Å². The third kappa shape index (κ3) is 1.10. The van der Waals surface area contributed by atoms with Gasteiger partial charge in [-0.3, -0.25) is 4.79 Å². The van der Waals surface area contributed by atoms with Gasteiger partial charge in [-0.25, -0.2) is 0 Å². The Morgan fingerprint density at radius 3 is 3.09 bits per heavy atom. The summed E-state index contributed by atoms with van der Waals surface area (Å²) in [5.74, 6) is 0.279. The number of ketones is 1. The Morgan fingerprint density at radius 2 is 2.36 bits per heavy atom. The molecule has 1 heterocycles. The number of carbonyl (C=O) groups is 1. The van der Waals surface area contributed by atoms with Gasteiger partial charge in [-0.05, 0) is 11.6 Å². The number of aliphatic hydroxyl groups is 1.